The second-order valence-electron chi connectivity index (χ2n) is 4.57. The van der Waals surface area contributed by atoms with Gasteiger partial charge >= 0.3 is 0 Å². The highest BCUT2D eigenvalue weighted by Crippen LogP contribution is 2.14. The fraction of sp³-hybridized carbons (Fsp3) is 0.600. The number of halogens is 1. The van der Waals surface area contributed by atoms with Gasteiger partial charge in [0.2, 0.25) is 0 Å². The largest absolute Gasteiger partial charge is 0.380 e. The normalized spacial score (nSPS) is 14.4. The zero-order valence-electron chi connectivity index (χ0n) is 11.6. The van der Waals surface area contributed by atoms with Crippen LogP contribution in [0.2, 0.25) is 0 Å². The van der Waals surface area contributed by atoms with Gasteiger partial charge in [0.1, 0.15) is 0 Å². The third-order valence-electron chi connectivity index (χ3n) is 3.18. The number of rotatable bonds is 8. The van der Waals surface area contributed by atoms with Crippen LogP contribution in [0, 0.1) is 0 Å². The van der Waals surface area contributed by atoms with Gasteiger partial charge in [0.05, 0.1) is 6.10 Å². The average molecular weight is 314 g/mol. The first-order valence-corrected chi connectivity index (χ1v) is 7.51. The van der Waals surface area contributed by atoms with E-state index in [-0.39, 0.29) is 6.10 Å². The molecule has 2 atom stereocenters. The Morgan fingerprint density at radius 2 is 1.89 bits per heavy atom. The van der Waals surface area contributed by atoms with Gasteiger partial charge in [-0.2, -0.15) is 0 Å². The minimum absolute atomic E-state index is 0.278. The summed E-state index contributed by atoms with van der Waals surface area (Å²) in [6.07, 6.45) is 3.48. The van der Waals surface area contributed by atoms with Gasteiger partial charge in [0.25, 0.3) is 0 Å². The zero-order valence-corrected chi connectivity index (χ0v) is 13.2. The predicted molar refractivity (Wildman–Crippen MR) is 81.0 cm³/mol. The van der Waals surface area contributed by atoms with E-state index in [1.807, 2.05) is 0 Å². The third kappa shape index (κ3) is 5.09. The summed E-state index contributed by atoms with van der Waals surface area (Å²) in [5.41, 5.74) is 1.35. The first-order valence-electron chi connectivity index (χ1n) is 6.71. The molecule has 0 aliphatic carbocycles. The van der Waals surface area contributed by atoms with Crippen LogP contribution < -0.4 is 5.32 Å². The Kier molecular flexibility index (Phi) is 7.56. The fourth-order valence-electron chi connectivity index (χ4n) is 2.15. The maximum Gasteiger partial charge on any atom is 0.0724 e. The Balaban J connectivity index is 2.67. The van der Waals surface area contributed by atoms with Crippen LogP contribution in [0.1, 0.15) is 32.3 Å². The van der Waals surface area contributed by atoms with E-state index in [4.69, 9.17) is 4.74 Å². The lowest BCUT2D eigenvalue weighted by Crippen LogP contribution is -2.42. The number of ether oxygens (including phenoxy) is 1. The smallest absolute Gasteiger partial charge is 0.0724 e. The van der Waals surface area contributed by atoms with Crippen LogP contribution in [-0.2, 0) is 11.2 Å². The highest BCUT2D eigenvalue weighted by atomic mass is 79.9. The highest BCUT2D eigenvalue weighted by molar-refractivity contribution is 9.10. The van der Waals surface area contributed by atoms with Gasteiger partial charge in [-0.15, -0.1) is 0 Å². The van der Waals surface area contributed by atoms with Crippen LogP contribution >= 0.6 is 15.9 Å². The Morgan fingerprint density at radius 1 is 1.22 bits per heavy atom. The molecular weight excluding hydrogens is 290 g/mol. The maximum atomic E-state index is 5.58. The molecule has 1 aromatic carbocycles. The lowest BCUT2D eigenvalue weighted by Gasteiger charge is -2.26. The van der Waals surface area contributed by atoms with Crippen LogP contribution in [0.5, 0.6) is 0 Å². The van der Waals surface area contributed by atoms with Gasteiger partial charge in [-0.25, -0.2) is 0 Å². The van der Waals surface area contributed by atoms with Crippen molar-refractivity contribution in [3.8, 4) is 0 Å². The molecule has 0 heterocycles. The van der Waals surface area contributed by atoms with E-state index in [1.54, 1.807) is 7.11 Å². The Morgan fingerprint density at radius 3 is 2.39 bits per heavy atom. The molecule has 2 nitrogen and oxygen atoms in total. The molecule has 0 fully saturated rings. The van der Waals surface area contributed by atoms with Crippen molar-refractivity contribution in [1.82, 2.24) is 5.32 Å². The first-order chi connectivity index (χ1) is 8.71. The van der Waals surface area contributed by atoms with E-state index in [9.17, 15) is 0 Å². The molecule has 1 rings (SSSR count). The van der Waals surface area contributed by atoms with Crippen LogP contribution in [0.4, 0.5) is 0 Å². The van der Waals surface area contributed by atoms with Crippen LogP contribution in [0.15, 0.2) is 28.7 Å². The lowest BCUT2D eigenvalue weighted by molar-refractivity contribution is 0.0653. The van der Waals surface area contributed by atoms with Crippen LogP contribution in [0.3, 0.4) is 0 Å². The molecule has 0 bridgehead atoms. The van der Waals surface area contributed by atoms with E-state index >= 15 is 0 Å². The standard InChI is InChI=1S/C15H24BrNO/c1-4-10-17-14(15(5-2)18-3)11-12-6-8-13(16)9-7-12/h6-9,14-15,17H,4-5,10-11H2,1-3H3. The summed E-state index contributed by atoms with van der Waals surface area (Å²) >= 11 is 3.47. The molecule has 0 aliphatic rings. The summed E-state index contributed by atoms with van der Waals surface area (Å²) in [5, 5.41) is 3.60. The minimum Gasteiger partial charge on any atom is -0.380 e. The summed E-state index contributed by atoms with van der Waals surface area (Å²) in [5.74, 6) is 0. The number of hydrogen-bond acceptors (Lipinski definition) is 2. The quantitative estimate of drug-likeness (QED) is 0.788. The van der Waals surface area contributed by atoms with Crippen molar-refractivity contribution in [3.05, 3.63) is 34.3 Å². The molecule has 0 radical (unpaired) electrons. The lowest BCUT2D eigenvalue weighted by atomic mass is 9.99. The SMILES string of the molecule is CCCNC(Cc1ccc(Br)cc1)C(CC)OC. The zero-order chi connectivity index (χ0) is 13.4. The molecule has 3 heteroatoms. The van der Waals surface area contributed by atoms with Crippen LogP contribution in [-0.4, -0.2) is 25.8 Å². The Hall–Kier alpha value is -0.380. The molecule has 102 valence electrons. The summed E-state index contributed by atoms with van der Waals surface area (Å²) in [6.45, 7) is 5.41. The molecule has 0 aliphatic heterocycles. The molecule has 18 heavy (non-hydrogen) atoms. The monoisotopic (exact) mass is 313 g/mol. The van der Waals surface area contributed by atoms with E-state index in [0.29, 0.717) is 6.04 Å². The second kappa shape index (κ2) is 8.68. The topological polar surface area (TPSA) is 21.3 Å². The number of hydrogen-bond donors (Lipinski definition) is 1. The average Bonchev–Trinajstić information content (AvgIpc) is 2.39. The first kappa shape index (κ1) is 15.7. The number of benzene rings is 1. The summed E-state index contributed by atoms with van der Waals surface area (Å²) < 4.78 is 6.71. The number of nitrogens with one attached hydrogen (secondary N) is 1. The molecule has 2 unspecified atom stereocenters. The van der Waals surface area contributed by atoms with Crippen molar-refractivity contribution in [3.63, 3.8) is 0 Å². The van der Waals surface area contributed by atoms with Gasteiger partial charge in [-0.05, 0) is 43.5 Å². The fourth-order valence-corrected chi connectivity index (χ4v) is 2.42. The third-order valence-corrected chi connectivity index (χ3v) is 3.71. The molecule has 0 amide bonds. The molecule has 0 aromatic heterocycles. The molecule has 0 saturated heterocycles. The molecule has 0 spiro atoms. The van der Waals surface area contributed by atoms with Crippen molar-refractivity contribution in [2.45, 2.75) is 45.3 Å². The van der Waals surface area contributed by atoms with Gasteiger partial charge < -0.3 is 10.1 Å². The molecule has 1 aromatic rings. The van der Waals surface area contributed by atoms with E-state index in [0.717, 1.165) is 30.3 Å². The van der Waals surface area contributed by atoms with E-state index in [2.05, 4.69) is 59.4 Å². The molecule has 0 saturated carbocycles. The van der Waals surface area contributed by atoms with Crippen molar-refractivity contribution < 1.29 is 4.74 Å². The van der Waals surface area contributed by atoms with Gasteiger partial charge in [-0.3, -0.25) is 0 Å². The Labute approximate surface area is 119 Å². The van der Waals surface area contributed by atoms with Gasteiger partial charge in [0, 0.05) is 17.6 Å². The van der Waals surface area contributed by atoms with Crippen molar-refractivity contribution in [1.29, 1.82) is 0 Å². The molecule has 1 N–H and O–H groups in total. The molecular formula is C15H24BrNO. The van der Waals surface area contributed by atoms with E-state index < -0.39 is 0 Å². The van der Waals surface area contributed by atoms with Crippen LogP contribution in [0.25, 0.3) is 0 Å². The Bertz CT molecular complexity index is 322. The van der Waals surface area contributed by atoms with E-state index in [1.165, 1.54) is 5.56 Å². The van der Waals surface area contributed by atoms with Gasteiger partial charge in [-0.1, -0.05) is 41.9 Å². The summed E-state index contributed by atoms with van der Waals surface area (Å²) in [6, 6.07) is 8.93. The van der Waals surface area contributed by atoms with Crippen molar-refractivity contribution in [2.75, 3.05) is 13.7 Å². The minimum atomic E-state index is 0.278. The maximum absolute atomic E-state index is 5.58. The predicted octanol–water partition coefficient (Wildman–Crippen LogP) is 3.78. The summed E-state index contributed by atoms with van der Waals surface area (Å²) in [4.78, 5) is 0. The van der Waals surface area contributed by atoms with Crippen molar-refractivity contribution in [2.24, 2.45) is 0 Å². The highest BCUT2D eigenvalue weighted by Gasteiger charge is 2.19. The summed E-state index contributed by atoms with van der Waals surface area (Å²) in [7, 11) is 1.80. The van der Waals surface area contributed by atoms with Crippen molar-refractivity contribution >= 4 is 15.9 Å². The second-order valence-corrected chi connectivity index (χ2v) is 5.49. The number of methoxy groups -OCH3 is 1. The van der Waals surface area contributed by atoms with Gasteiger partial charge in [0.15, 0.2) is 0 Å².